The van der Waals surface area contributed by atoms with Crippen molar-refractivity contribution in [2.45, 2.75) is 0 Å². The molecule has 6 heteroatoms. The third kappa shape index (κ3) is 3.35. The molecule has 0 spiro atoms. The van der Waals surface area contributed by atoms with Crippen LogP contribution in [-0.2, 0) is 4.74 Å². The van der Waals surface area contributed by atoms with E-state index >= 15 is 0 Å². The summed E-state index contributed by atoms with van der Waals surface area (Å²) in [5.41, 5.74) is 0.0104. The van der Waals surface area contributed by atoms with Gasteiger partial charge in [0.25, 0.3) is 0 Å². The third-order valence-electron chi connectivity index (χ3n) is 3.93. The predicted molar refractivity (Wildman–Crippen MR) is 93.2 cm³/mol. The first kappa shape index (κ1) is 17.4. The summed E-state index contributed by atoms with van der Waals surface area (Å²) in [5.74, 6) is -2.29. The molecule has 0 heterocycles. The topological polar surface area (TPSA) is 72.8 Å². The number of rotatable bonds is 5. The van der Waals surface area contributed by atoms with E-state index in [1.165, 1.54) is 25.3 Å². The molecule has 0 saturated heterocycles. The second-order valence-corrected chi connectivity index (χ2v) is 5.53. The van der Waals surface area contributed by atoms with Crippen LogP contribution in [0.15, 0.2) is 54.6 Å². The molecule has 0 aliphatic rings. The fourth-order valence-corrected chi connectivity index (χ4v) is 2.55. The summed E-state index contributed by atoms with van der Waals surface area (Å²) in [6.07, 6.45) is 0. The number of ketones is 1. The maximum absolute atomic E-state index is 13.7. The lowest BCUT2D eigenvalue weighted by atomic mass is 10.1. The molecule has 132 valence electrons. The van der Waals surface area contributed by atoms with Gasteiger partial charge >= 0.3 is 5.97 Å². The summed E-state index contributed by atoms with van der Waals surface area (Å²) >= 11 is 0. The van der Waals surface area contributed by atoms with Gasteiger partial charge in [-0.05, 0) is 29.7 Å². The van der Waals surface area contributed by atoms with Crippen LogP contribution in [0.5, 0.6) is 11.5 Å². The fourth-order valence-electron chi connectivity index (χ4n) is 2.55. The molecule has 3 rings (SSSR count). The van der Waals surface area contributed by atoms with E-state index in [9.17, 15) is 19.1 Å². The Morgan fingerprint density at radius 3 is 2.58 bits per heavy atom. The number of Topliss-reactive ketones (excluding diaryl/α,β-unsaturated/α-hetero) is 1. The minimum Gasteiger partial charge on any atom is -0.506 e. The lowest BCUT2D eigenvalue weighted by Gasteiger charge is -2.09. The number of aromatic hydroxyl groups is 1. The maximum atomic E-state index is 13.7. The third-order valence-corrected chi connectivity index (χ3v) is 3.93. The number of hydrogen-bond donors (Lipinski definition) is 1. The van der Waals surface area contributed by atoms with Gasteiger partial charge in [0.15, 0.2) is 24.0 Å². The molecule has 3 aromatic rings. The monoisotopic (exact) mass is 354 g/mol. The van der Waals surface area contributed by atoms with E-state index in [1.54, 1.807) is 24.3 Å². The standard InChI is InChI=1S/C20H15FO5/c1-25-18-9-7-13(10-16(18)21)17(22)11-26-20(24)15-8-6-12-4-2-3-5-14(12)19(15)23/h2-10,23H,11H2,1H3. The Labute approximate surface area is 148 Å². The van der Waals surface area contributed by atoms with Crippen molar-refractivity contribution in [3.8, 4) is 11.5 Å². The van der Waals surface area contributed by atoms with Crippen LogP contribution in [0.2, 0.25) is 0 Å². The number of halogens is 1. The number of esters is 1. The van der Waals surface area contributed by atoms with Crippen LogP contribution in [0, 0.1) is 5.82 Å². The molecule has 0 amide bonds. The number of fused-ring (bicyclic) bond motifs is 1. The van der Waals surface area contributed by atoms with E-state index in [0.717, 1.165) is 11.5 Å². The first-order valence-corrected chi connectivity index (χ1v) is 7.76. The molecule has 3 aromatic carbocycles. The van der Waals surface area contributed by atoms with Gasteiger partial charge in [0.1, 0.15) is 11.3 Å². The zero-order chi connectivity index (χ0) is 18.7. The first-order chi connectivity index (χ1) is 12.5. The highest BCUT2D eigenvalue weighted by Crippen LogP contribution is 2.29. The Hall–Kier alpha value is -3.41. The molecule has 26 heavy (non-hydrogen) atoms. The van der Waals surface area contributed by atoms with Crippen molar-refractivity contribution < 1.29 is 28.6 Å². The summed E-state index contributed by atoms with van der Waals surface area (Å²) < 4.78 is 23.4. The molecular weight excluding hydrogens is 339 g/mol. The largest absolute Gasteiger partial charge is 0.506 e. The van der Waals surface area contributed by atoms with Gasteiger partial charge in [0.05, 0.1) is 7.11 Å². The molecule has 1 N–H and O–H groups in total. The molecule has 0 bridgehead atoms. The van der Waals surface area contributed by atoms with Crippen molar-refractivity contribution in [1.29, 1.82) is 0 Å². The van der Waals surface area contributed by atoms with Gasteiger partial charge in [-0.15, -0.1) is 0 Å². The number of phenols is 1. The van der Waals surface area contributed by atoms with Crippen LogP contribution in [0.25, 0.3) is 10.8 Å². The van der Waals surface area contributed by atoms with E-state index < -0.39 is 24.2 Å². The normalized spacial score (nSPS) is 10.5. The van der Waals surface area contributed by atoms with Gasteiger partial charge in [-0.1, -0.05) is 30.3 Å². The predicted octanol–water partition coefficient (Wildman–Crippen LogP) is 3.73. The van der Waals surface area contributed by atoms with Crippen LogP contribution in [0.4, 0.5) is 4.39 Å². The highest BCUT2D eigenvalue weighted by Gasteiger charge is 2.17. The van der Waals surface area contributed by atoms with Gasteiger partial charge in [0.2, 0.25) is 0 Å². The highest BCUT2D eigenvalue weighted by atomic mass is 19.1. The molecule has 0 fully saturated rings. The molecule has 0 saturated carbocycles. The van der Waals surface area contributed by atoms with Crippen LogP contribution in [0.1, 0.15) is 20.7 Å². The Bertz CT molecular complexity index is 997. The second-order valence-electron chi connectivity index (χ2n) is 5.53. The van der Waals surface area contributed by atoms with Crippen LogP contribution >= 0.6 is 0 Å². The molecule has 0 unspecified atom stereocenters. The number of methoxy groups -OCH3 is 1. The first-order valence-electron chi connectivity index (χ1n) is 7.76. The van der Waals surface area contributed by atoms with Gasteiger partial charge in [-0.2, -0.15) is 0 Å². The number of carbonyl (C=O) groups is 2. The van der Waals surface area contributed by atoms with E-state index in [4.69, 9.17) is 9.47 Å². The quantitative estimate of drug-likeness (QED) is 0.558. The minimum atomic E-state index is -0.837. The maximum Gasteiger partial charge on any atom is 0.342 e. The minimum absolute atomic E-state index is 0.0135. The van der Waals surface area contributed by atoms with E-state index in [2.05, 4.69) is 0 Å². The zero-order valence-corrected chi connectivity index (χ0v) is 13.9. The van der Waals surface area contributed by atoms with E-state index in [1.807, 2.05) is 6.07 Å². The molecule has 0 radical (unpaired) electrons. The van der Waals surface area contributed by atoms with Gasteiger partial charge in [-0.25, -0.2) is 9.18 Å². The average molecular weight is 354 g/mol. The number of phenolic OH excluding ortho intramolecular Hbond substituents is 1. The van der Waals surface area contributed by atoms with Crippen molar-refractivity contribution in [1.82, 2.24) is 0 Å². The van der Waals surface area contributed by atoms with E-state index in [-0.39, 0.29) is 22.6 Å². The Morgan fingerprint density at radius 1 is 1.08 bits per heavy atom. The lowest BCUT2D eigenvalue weighted by molar-refractivity contribution is 0.0472. The van der Waals surface area contributed by atoms with E-state index in [0.29, 0.717) is 5.39 Å². The summed E-state index contributed by atoms with van der Waals surface area (Å²) in [4.78, 5) is 24.3. The summed E-state index contributed by atoms with van der Waals surface area (Å²) in [5, 5.41) is 11.5. The molecule has 0 aromatic heterocycles. The lowest BCUT2D eigenvalue weighted by Crippen LogP contribution is -2.14. The Kier molecular flexibility index (Phi) is 4.84. The number of carbonyl (C=O) groups excluding carboxylic acids is 2. The van der Waals surface area contributed by atoms with Crippen molar-refractivity contribution in [2.24, 2.45) is 0 Å². The average Bonchev–Trinajstić information content (AvgIpc) is 2.66. The second kappa shape index (κ2) is 7.23. The van der Waals surface area contributed by atoms with Crippen molar-refractivity contribution in [3.63, 3.8) is 0 Å². The number of ether oxygens (including phenoxy) is 2. The van der Waals surface area contributed by atoms with Crippen LogP contribution in [-0.4, -0.2) is 30.6 Å². The molecular formula is C20H15FO5. The van der Waals surface area contributed by atoms with Crippen LogP contribution < -0.4 is 4.74 Å². The summed E-state index contributed by atoms with van der Waals surface area (Å²) in [6, 6.07) is 13.8. The van der Waals surface area contributed by atoms with Gasteiger partial charge < -0.3 is 14.6 Å². The van der Waals surface area contributed by atoms with Gasteiger partial charge in [-0.3, -0.25) is 4.79 Å². The fraction of sp³-hybridized carbons (Fsp3) is 0.100. The van der Waals surface area contributed by atoms with Crippen LogP contribution in [0.3, 0.4) is 0 Å². The smallest absolute Gasteiger partial charge is 0.342 e. The molecule has 0 aliphatic heterocycles. The Balaban J connectivity index is 1.73. The number of benzene rings is 3. The summed E-state index contributed by atoms with van der Waals surface area (Å²) in [6.45, 7) is -0.573. The number of hydrogen-bond acceptors (Lipinski definition) is 5. The van der Waals surface area contributed by atoms with Crippen molar-refractivity contribution in [3.05, 3.63) is 71.5 Å². The van der Waals surface area contributed by atoms with Crippen molar-refractivity contribution in [2.75, 3.05) is 13.7 Å². The van der Waals surface area contributed by atoms with Gasteiger partial charge in [0, 0.05) is 10.9 Å². The molecule has 0 aliphatic carbocycles. The zero-order valence-electron chi connectivity index (χ0n) is 13.9. The van der Waals surface area contributed by atoms with Crippen molar-refractivity contribution >= 4 is 22.5 Å². The molecule has 5 nitrogen and oxygen atoms in total. The molecule has 0 atom stereocenters. The highest BCUT2D eigenvalue weighted by molar-refractivity contribution is 6.03. The Morgan fingerprint density at radius 2 is 1.85 bits per heavy atom. The SMILES string of the molecule is COc1ccc(C(=O)COC(=O)c2ccc3ccccc3c2O)cc1F. The summed E-state index contributed by atoms with van der Waals surface area (Å²) in [7, 11) is 1.32.